The topological polar surface area (TPSA) is 43.9 Å². The van der Waals surface area contributed by atoms with Gasteiger partial charge in [0.2, 0.25) is 0 Å². The first kappa shape index (κ1) is 30.0. The fourth-order valence-electron chi connectivity index (χ4n) is 9.26. The highest BCUT2D eigenvalue weighted by Crippen LogP contribution is 2.53. The van der Waals surface area contributed by atoms with Gasteiger partial charge in [0.1, 0.15) is 11.2 Å². The van der Waals surface area contributed by atoms with Gasteiger partial charge in [0.15, 0.2) is 5.82 Å². The Hall–Kier alpha value is -6.56. The van der Waals surface area contributed by atoms with E-state index in [1.54, 1.807) is 11.3 Å². The van der Waals surface area contributed by atoms with Crippen LogP contribution in [0.15, 0.2) is 156 Å². The van der Waals surface area contributed by atoms with E-state index in [2.05, 4.69) is 158 Å². The lowest BCUT2D eigenvalue weighted by Crippen LogP contribution is -2.14. The third kappa shape index (κ3) is 3.91. The minimum absolute atomic E-state index is 0.142. The Morgan fingerprint density at radius 1 is 0.537 bits per heavy atom. The molecule has 0 saturated carbocycles. The number of furan rings is 1. The molecule has 0 bridgehead atoms. The average Bonchev–Trinajstić information content (AvgIpc) is 3.94. The van der Waals surface area contributed by atoms with E-state index in [0.29, 0.717) is 0 Å². The number of nitrogens with zero attached hydrogens (tertiary/aromatic N) is 3. The monoisotopic (exact) mass is 709 g/mol. The summed E-state index contributed by atoms with van der Waals surface area (Å²) in [7, 11) is 0. The second-order valence-electron chi connectivity index (χ2n) is 14.9. The first-order valence-electron chi connectivity index (χ1n) is 18.4. The molecule has 4 heterocycles. The minimum Gasteiger partial charge on any atom is -0.456 e. The summed E-state index contributed by atoms with van der Waals surface area (Å²) in [5, 5.41) is 5.75. The van der Waals surface area contributed by atoms with E-state index in [1.807, 2.05) is 12.1 Å². The summed E-state index contributed by atoms with van der Waals surface area (Å²) in [6.07, 6.45) is 0. The number of thiophene rings is 1. The predicted molar refractivity (Wildman–Crippen MR) is 225 cm³/mol. The molecule has 4 aromatic heterocycles. The van der Waals surface area contributed by atoms with Gasteiger partial charge in [0.05, 0.1) is 26.9 Å². The van der Waals surface area contributed by atoms with Crippen LogP contribution in [0.1, 0.15) is 25.0 Å². The van der Waals surface area contributed by atoms with E-state index >= 15 is 0 Å². The zero-order valence-corrected chi connectivity index (χ0v) is 30.4. The Balaban J connectivity index is 1.26. The van der Waals surface area contributed by atoms with Gasteiger partial charge >= 0.3 is 0 Å². The van der Waals surface area contributed by atoms with Gasteiger partial charge in [-0.2, -0.15) is 0 Å². The van der Waals surface area contributed by atoms with Crippen LogP contribution in [-0.4, -0.2) is 14.5 Å². The number of benzene rings is 7. The molecule has 0 aliphatic heterocycles. The number of rotatable bonds is 3. The van der Waals surface area contributed by atoms with Crippen LogP contribution in [0.3, 0.4) is 0 Å². The molecule has 0 amide bonds. The Bertz CT molecular complexity index is 3360. The van der Waals surface area contributed by atoms with Crippen molar-refractivity contribution in [1.82, 2.24) is 14.5 Å². The fourth-order valence-corrected chi connectivity index (χ4v) is 10.4. The molecular weight excluding hydrogens is 679 g/mol. The maximum atomic E-state index is 6.43. The van der Waals surface area contributed by atoms with Gasteiger partial charge in [0, 0.05) is 53.9 Å². The van der Waals surface area contributed by atoms with Crippen molar-refractivity contribution in [3.05, 3.63) is 163 Å². The molecule has 11 aromatic rings. The fraction of sp³-hybridized carbons (Fsp3) is 0.0612. The number of hydrogen-bond donors (Lipinski definition) is 0. The molecule has 1 aliphatic rings. The summed E-state index contributed by atoms with van der Waals surface area (Å²) in [4.78, 5) is 11.3. The zero-order chi connectivity index (χ0) is 35.7. The van der Waals surface area contributed by atoms with E-state index in [4.69, 9.17) is 14.4 Å². The molecule has 7 aromatic carbocycles. The van der Waals surface area contributed by atoms with E-state index < -0.39 is 0 Å². The molecule has 1 aliphatic carbocycles. The molecule has 0 atom stereocenters. The first-order valence-corrected chi connectivity index (χ1v) is 19.2. The number of hydrogen-bond acceptors (Lipinski definition) is 4. The van der Waals surface area contributed by atoms with Gasteiger partial charge in [-0.25, -0.2) is 9.97 Å². The highest BCUT2D eigenvalue weighted by Gasteiger charge is 2.37. The van der Waals surface area contributed by atoms with Gasteiger partial charge in [-0.05, 0) is 64.7 Å². The van der Waals surface area contributed by atoms with Crippen LogP contribution < -0.4 is 0 Å². The smallest absolute Gasteiger partial charge is 0.161 e. The molecule has 0 unspecified atom stereocenters. The van der Waals surface area contributed by atoms with Gasteiger partial charge in [-0.1, -0.05) is 123 Å². The SMILES string of the molecule is CC1(C)c2ccccc2-c2c(-c3nc(-c4cccc5oc6ccccc6c45)c4sc5ccc6c(c7ccccc7n6-c6ccccc6)c5c4n3)cccc21. The number of fused-ring (bicyclic) bond motifs is 13. The lowest BCUT2D eigenvalue weighted by Gasteiger charge is -2.21. The summed E-state index contributed by atoms with van der Waals surface area (Å²) in [6, 6.07) is 54.1. The van der Waals surface area contributed by atoms with Gasteiger partial charge in [-0.3, -0.25) is 0 Å². The summed E-state index contributed by atoms with van der Waals surface area (Å²) in [5.74, 6) is 0.732. The maximum absolute atomic E-state index is 6.43. The van der Waals surface area contributed by atoms with Crippen molar-refractivity contribution in [2.45, 2.75) is 19.3 Å². The molecule has 0 spiro atoms. The van der Waals surface area contributed by atoms with Crippen molar-refractivity contribution in [2.75, 3.05) is 0 Å². The van der Waals surface area contributed by atoms with Crippen molar-refractivity contribution in [2.24, 2.45) is 0 Å². The Morgan fingerprint density at radius 2 is 1.24 bits per heavy atom. The lowest BCUT2D eigenvalue weighted by atomic mass is 9.82. The van der Waals surface area contributed by atoms with E-state index in [0.717, 1.165) is 66.0 Å². The predicted octanol–water partition coefficient (Wildman–Crippen LogP) is 13.5. The van der Waals surface area contributed by atoms with Gasteiger partial charge in [0.25, 0.3) is 0 Å². The highest BCUT2D eigenvalue weighted by molar-refractivity contribution is 7.26. The van der Waals surface area contributed by atoms with Crippen molar-refractivity contribution < 1.29 is 4.42 Å². The molecule has 0 fully saturated rings. The van der Waals surface area contributed by atoms with Crippen LogP contribution in [-0.2, 0) is 5.41 Å². The quantitative estimate of drug-likeness (QED) is 0.183. The van der Waals surface area contributed by atoms with Crippen LogP contribution >= 0.6 is 11.3 Å². The maximum Gasteiger partial charge on any atom is 0.161 e. The van der Waals surface area contributed by atoms with Crippen LogP contribution in [0.2, 0.25) is 0 Å². The molecule has 254 valence electrons. The largest absolute Gasteiger partial charge is 0.456 e. The molecule has 4 nitrogen and oxygen atoms in total. The molecular formula is C49H31N3OS. The third-order valence-electron chi connectivity index (χ3n) is 11.6. The lowest BCUT2D eigenvalue weighted by molar-refractivity contribution is 0.660. The molecule has 0 radical (unpaired) electrons. The summed E-state index contributed by atoms with van der Waals surface area (Å²) >= 11 is 1.78. The molecule has 0 saturated heterocycles. The second kappa shape index (κ2) is 10.8. The summed E-state index contributed by atoms with van der Waals surface area (Å²) in [5.41, 5.74) is 14.2. The molecule has 0 N–H and O–H groups in total. The Labute approximate surface area is 314 Å². The Morgan fingerprint density at radius 3 is 2.15 bits per heavy atom. The number of para-hydroxylation sites is 3. The standard InChI is InChI=1S/C49H31N3OS/c1-49(2)34-21-9-6-16-29(34)41-33(20-12-22-35(41)49)48-50-45(32-19-13-25-39-42(32)31-18-8-11-24-38(31)53-39)47-46(51-48)44-40(54-47)27-26-37-43(44)30-17-7-10-23-36(30)52(37)28-14-4-3-5-15-28/h3-27H,1-2H3. The van der Waals surface area contributed by atoms with E-state index in [1.165, 1.54) is 48.6 Å². The Kier molecular flexibility index (Phi) is 5.96. The summed E-state index contributed by atoms with van der Waals surface area (Å²) in [6.45, 7) is 4.65. The normalized spacial score (nSPS) is 13.5. The van der Waals surface area contributed by atoms with Crippen molar-refractivity contribution in [1.29, 1.82) is 0 Å². The van der Waals surface area contributed by atoms with Crippen molar-refractivity contribution in [3.8, 4) is 39.5 Å². The van der Waals surface area contributed by atoms with Crippen LogP contribution in [0.4, 0.5) is 0 Å². The minimum atomic E-state index is -0.142. The van der Waals surface area contributed by atoms with Crippen molar-refractivity contribution >= 4 is 75.4 Å². The van der Waals surface area contributed by atoms with Crippen molar-refractivity contribution in [3.63, 3.8) is 0 Å². The summed E-state index contributed by atoms with van der Waals surface area (Å²) < 4.78 is 11.1. The molecule has 54 heavy (non-hydrogen) atoms. The molecule has 5 heteroatoms. The average molecular weight is 710 g/mol. The third-order valence-corrected chi connectivity index (χ3v) is 12.8. The molecule has 12 rings (SSSR count). The van der Waals surface area contributed by atoms with Gasteiger partial charge < -0.3 is 8.98 Å². The van der Waals surface area contributed by atoms with Gasteiger partial charge in [-0.15, -0.1) is 11.3 Å². The van der Waals surface area contributed by atoms with Crippen LogP contribution in [0, 0.1) is 0 Å². The van der Waals surface area contributed by atoms with Crippen LogP contribution in [0.25, 0.3) is 104 Å². The van der Waals surface area contributed by atoms with E-state index in [9.17, 15) is 0 Å². The number of aromatic nitrogens is 3. The first-order chi connectivity index (χ1) is 26.6. The van der Waals surface area contributed by atoms with E-state index in [-0.39, 0.29) is 5.41 Å². The zero-order valence-electron chi connectivity index (χ0n) is 29.6. The second-order valence-corrected chi connectivity index (χ2v) is 15.9. The van der Waals surface area contributed by atoms with Crippen LogP contribution in [0.5, 0.6) is 0 Å². The highest BCUT2D eigenvalue weighted by atomic mass is 32.1.